The number of hydrogen-bond donors (Lipinski definition) is 2. The Morgan fingerprint density at radius 1 is 1.24 bits per heavy atom. The van der Waals surface area contributed by atoms with Crippen molar-refractivity contribution in [3.63, 3.8) is 0 Å². The van der Waals surface area contributed by atoms with Gasteiger partial charge in [0.25, 0.3) is 0 Å². The molecular weight excluding hydrogens is 296 g/mol. The molecule has 0 radical (unpaired) electrons. The van der Waals surface area contributed by atoms with Gasteiger partial charge < -0.3 is 15.4 Å². The highest BCUT2D eigenvalue weighted by atomic mass is 32.2. The van der Waals surface area contributed by atoms with Crippen LogP contribution in [-0.2, 0) is 16.6 Å². The van der Waals surface area contributed by atoms with Crippen molar-refractivity contribution in [1.82, 2.24) is 4.98 Å². The number of sulfonamides is 1. The molecular formula is C12H12N4O4S. The number of benzene rings is 1. The lowest BCUT2D eigenvalue weighted by atomic mass is 10.2. The number of aromatic nitrogens is 1. The number of anilines is 1. The molecule has 2 aromatic rings. The van der Waals surface area contributed by atoms with Gasteiger partial charge in [0.15, 0.2) is 0 Å². The van der Waals surface area contributed by atoms with E-state index in [0.717, 1.165) is 5.56 Å². The fourth-order valence-electron chi connectivity index (χ4n) is 1.67. The molecule has 0 aliphatic carbocycles. The molecule has 0 amide bonds. The fraction of sp³-hybridized carbons (Fsp3) is 0.0833. The highest BCUT2D eigenvalue weighted by Crippen LogP contribution is 2.21. The Morgan fingerprint density at radius 2 is 1.90 bits per heavy atom. The molecule has 1 heterocycles. The Balaban J connectivity index is 2.12. The number of primary sulfonamides is 1. The van der Waals surface area contributed by atoms with Crippen molar-refractivity contribution in [2.24, 2.45) is 5.14 Å². The van der Waals surface area contributed by atoms with E-state index in [-0.39, 0.29) is 22.9 Å². The third-order valence-electron chi connectivity index (χ3n) is 2.69. The van der Waals surface area contributed by atoms with Gasteiger partial charge in [-0.25, -0.2) is 13.6 Å². The van der Waals surface area contributed by atoms with Gasteiger partial charge in [-0.15, -0.1) is 0 Å². The molecule has 1 aromatic carbocycles. The summed E-state index contributed by atoms with van der Waals surface area (Å²) >= 11 is 0. The summed E-state index contributed by atoms with van der Waals surface area (Å²) < 4.78 is 22.2. The molecule has 0 unspecified atom stereocenters. The van der Waals surface area contributed by atoms with Crippen molar-refractivity contribution in [3.05, 3.63) is 58.3 Å². The average molecular weight is 308 g/mol. The van der Waals surface area contributed by atoms with Crippen LogP contribution in [0.2, 0.25) is 0 Å². The van der Waals surface area contributed by atoms with Gasteiger partial charge in [0.2, 0.25) is 10.0 Å². The van der Waals surface area contributed by atoms with Crippen molar-refractivity contribution in [2.45, 2.75) is 11.4 Å². The van der Waals surface area contributed by atoms with E-state index in [4.69, 9.17) is 5.14 Å². The van der Waals surface area contributed by atoms with Crippen LogP contribution in [0, 0.1) is 10.1 Å². The molecule has 0 fully saturated rings. The zero-order valence-corrected chi connectivity index (χ0v) is 11.6. The average Bonchev–Trinajstić information content (AvgIpc) is 2.45. The highest BCUT2D eigenvalue weighted by molar-refractivity contribution is 7.89. The van der Waals surface area contributed by atoms with Crippen LogP contribution >= 0.6 is 0 Å². The smallest absolute Gasteiger partial charge is 0.374 e. The summed E-state index contributed by atoms with van der Waals surface area (Å²) in [4.78, 5) is 13.9. The molecule has 9 heteroatoms. The van der Waals surface area contributed by atoms with Crippen LogP contribution in [0.25, 0.3) is 0 Å². The summed E-state index contributed by atoms with van der Waals surface area (Å²) in [6.45, 7) is 0.289. The first-order valence-electron chi connectivity index (χ1n) is 5.83. The van der Waals surface area contributed by atoms with Crippen molar-refractivity contribution in [1.29, 1.82) is 0 Å². The van der Waals surface area contributed by atoms with Gasteiger partial charge in [-0.3, -0.25) is 0 Å². The van der Waals surface area contributed by atoms with E-state index >= 15 is 0 Å². The highest BCUT2D eigenvalue weighted by Gasteiger charge is 2.13. The zero-order valence-electron chi connectivity index (χ0n) is 10.8. The molecule has 0 spiro atoms. The number of nitrogens with one attached hydrogen (secondary N) is 1. The van der Waals surface area contributed by atoms with E-state index in [9.17, 15) is 18.5 Å². The minimum atomic E-state index is -3.72. The lowest BCUT2D eigenvalue weighted by Gasteiger charge is -2.07. The minimum Gasteiger partial charge on any atom is -0.374 e. The lowest BCUT2D eigenvalue weighted by molar-refractivity contribution is -0.388. The maximum Gasteiger partial charge on any atom is 0.386 e. The SMILES string of the molecule is NS(=O)(=O)c1ccc(CNc2cccnc2[N+](=O)[O-])cc1. The maximum absolute atomic E-state index is 11.1. The number of hydrogen-bond acceptors (Lipinski definition) is 6. The largest absolute Gasteiger partial charge is 0.386 e. The van der Waals surface area contributed by atoms with E-state index in [1.54, 1.807) is 24.3 Å². The first-order valence-corrected chi connectivity index (χ1v) is 7.37. The van der Waals surface area contributed by atoms with Crippen LogP contribution in [0.4, 0.5) is 11.5 Å². The van der Waals surface area contributed by atoms with Crippen LogP contribution < -0.4 is 10.5 Å². The van der Waals surface area contributed by atoms with Crippen molar-refractivity contribution >= 4 is 21.5 Å². The van der Waals surface area contributed by atoms with Crippen molar-refractivity contribution in [3.8, 4) is 0 Å². The molecule has 0 saturated heterocycles. The Hall–Kier alpha value is -2.52. The molecule has 21 heavy (non-hydrogen) atoms. The van der Waals surface area contributed by atoms with Gasteiger partial charge in [0.1, 0.15) is 11.9 Å². The van der Waals surface area contributed by atoms with E-state index in [1.807, 2.05) is 0 Å². The van der Waals surface area contributed by atoms with Crippen LogP contribution in [0.15, 0.2) is 47.5 Å². The first kappa shape index (κ1) is 14.9. The van der Waals surface area contributed by atoms with E-state index in [0.29, 0.717) is 0 Å². The number of nitro groups is 1. The topological polar surface area (TPSA) is 128 Å². The second kappa shape index (κ2) is 5.85. The van der Waals surface area contributed by atoms with Crippen molar-refractivity contribution in [2.75, 3.05) is 5.32 Å². The predicted octanol–water partition coefficient (Wildman–Crippen LogP) is 1.25. The molecule has 0 aliphatic rings. The fourth-order valence-corrected chi connectivity index (χ4v) is 2.19. The van der Waals surface area contributed by atoms with Gasteiger partial charge in [-0.1, -0.05) is 12.1 Å². The monoisotopic (exact) mass is 308 g/mol. The molecule has 110 valence electrons. The predicted molar refractivity (Wildman–Crippen MR) is 76.0 cm³/mol. The Morgan fingerprint density at radius 3 is 2.48 bits per heavy atom. The molecule has 3 N–H and O–H groups in total. The van der Waals surface area contributed by atoms with Gasteiger partial charge in [-0.2, -0.15) is 0 Å². The zero-order chi connectivity index (χ0) is 15.5. The molecule has 1 aromatic heterocycles. The summed E-state index contributed by atoms with van der Waals surface area (Å²) in [5.74, 6) is -0.265. The normalized spacial score (nSPS) is 11.1. The van der Waals surface area contributed by atoms with Gasteiger partial charge >= 0.3 is 5.82 Å². The van der Waals surface area contributed by atoms with Crippen LogP contribution in [-0.4, -0.2) is 18.3 Å². The third-order valence-corrected chi connectivity index (χ3v) is 3.62. The van der Waals surface area contributed by atoms with Crippen LogP contribution in [0.5, 0.6) is 0 Å². The Bertz CT molecular complexity index is 759. The van der Waals surface area contributed by atoms with Gasteiger partial charge in [0.05, 0.1) is 4.90 Å². The maximum atomic E-state index is 11.1. The van der Waals surface area contributed by atoms with Crippen LogP contribution in [0.1, 0.15) is 5.56 Å². The molecule has 0 bridgehead atoms. The Kier molecular flexibility index (Phi) is 4.15. The lowest BCUT2D eigenvalue weighted by Crippen LogP contribution is -2.12. The summed E-state index contributed by atoms with van der Waals surface area (Å²) in [5, 5.41) is 18.7. The first-order chi connectivity index (χ1) is 9.88. The quantitative estimate of drug-likeness (QED) is 0.632. The summed E-state index contributed by atoms with van der Waals surface area (Å²) in [6.07, 6.45) is 1.34. The van der Waals surface area contributed by atoms with Crippen LogP contribution in [0.3, 0.4) is 0 Å². The number of nitrogens with two attached hydrogens (primary N) is 1. The molecule has 0 aliphatic heterocycles. The summed E-state index contributed by atoms with van der Waals surface area (Å²) in [6, 6.07) is 9.04. The number of nitrogens with zero attached hydrogens (tertiary/aromatic N) is 2. The molecule has 8 nitrogen and oxygen atoms in total. The Labute approximate surface area is 120 Å². The summed E-state index contributed by atoms with van der Waals surface area (Å²) in [5.41, 5.74) is 1.04. The van der Waals surface area contributed by atoms with E-state index < -0.39 is 14.9 Å². The standard InChI is InChI=1S/C12H12N4O4S/c13-21(19,20)10-5-3-9(4-6-10)8-15-11-2-1-7-14-12(11)16(17)18/h1-7,15H,8H2,(H2,13,19,20). The third kappa shape index (κ3) is 3.74. The summed E-state index contributed by atoms with van der Waals surface area (Å²) in [7, 11) is -3.72. The molecule has 0 saturated carbocycles. The molecule has 0 atom stereocenters. The second-order valence-corrected chi connectivity index (χ2v) is 5.74. The van der Waals surface area contributed by atoms with E-state index in [1.165, 1.54) is 18.3 Å². The minimum absolute atomic E-state index is 0.0126. The van der Waals surface area contributed by atoms with Gasteiger partial charge in [-0.05, 0) is 39.7 Å². The van der Waals surface area contributed by atoms with Gasteiger partial charge in [0, 0.05) is 6.54 Å². The number of rotatable bonds is 5. The molecule has 2 rings (SSSR count). The number of pyridine rings is 1. The van der Waals surface area contributed by atoms with E-state index in [2.05, 4.69) is 10.3 Å². The van der Waals surface area contributed by atoms with Crippen molar-refractivity contribution < 1.29 is 13.3 Å². The second-order valence-electron chi connectivity index (χ2n) is 4.17.